The Labute approximate surface area is 119 Å². The van der Waals surface area contributed by atoms with Gasteiger partial charge in [-0.15, -0.1) is 0 Å². The van der Waals surface area contributed by atoms with E-state index in [4.69, 9.17) is 22.1 Å². The third kappa shape index (κ3) is 4.81. The summed E-state index contributed by atoms with van der Waals surface area (Å²) in [4.78, 5) is 11.9. The second kappa shape index (κ2) is 7.47. The number of rotatable bonds is 6. The van der Waals surface area contributed by atoms with Gasteiger partial charge in [0.25, 0.3) is 0 Å². The van der Waals surface area contributed by atoms with Crippen molar-refractivity contribution in [3.05, 3.63) is 23.2 Å². The van der Waals surface area contributed by atoms with Crippen molar-refractivity contribution in [1.82, 2.24) is 0 Å². The van der Waals surface area contributed by atoms with Gasteiger partial charge >= 0.3 is 0 Å². The highest BCUT2D eigenvalue weighted by Crippen LogP contribution is 2.22. The average molecular weight is 305 g/mol. The van der Waals surface area contributed by atoms with Crippen molar-refractivity contribution >= 4 is 39.7 Å². The maximum Gasteiger partial charge on any atom is 0.239 e. The lowest BCUT2D eigenvalue weighted by Gasteiger charge is -2.13. The minimum absolute atomic E-state index is 0.321. The maximum atomic E-state index is 11.9. The lowest BCUT2D eigenvalue weighted by Crippen LogP contribution is -2.31. The molecule has 106 valence electrons. The summed E-state index contributed by atoms with van der Waals surface area (Å²) in [5, 5.41) is 2.50. The molecule has 1 aromatic rings. The van der Waals surface area contributed by atoms with Gasteiger partial charge in [-0.25, -0.2) is 0 Å². The molecule has 0 fully saturated rings. The van der Waals surface area contributed by atoms with E-state index in [0.717, 1.165) is 0 Å². The predicted octanol–water partition coefficient (Wildman–Crippen LogP) is 1.64. The molecular weight excluding hydrogens is 288 g/mol. The van der Waals surface area contributed by atoms with Crippen molar-refractivity contribution in [2.24, 2.45) is 0 Å². The Kier molecular flexibility index (Phi) is 6.27. The molecular formula is C12H17ClN2O3S. The molecule has 5 nitrogen and oxygen atoms in total. The lowest BCUT2D eigenvalue weighted by molar-refractivity contribution is -0.115. The van der Waals surface area contributed by atoms with Gasteiger partial charge in [-0.2, -0.15) is 0 Å². The van der Waals surface area contributed by atoms with Crippen LogP contribution >= 0.6 is 11.6 Å². The van der Waals surface area contributed by atoms with Crippen LogP contribution < -0.4 is 11.1 Å². The number of anilines is 2. The molecule has 1 aromatic carbocycles. The van der Waals surface area contributed by atoms with Crippen LogP contribution in [0.15, 0.2) is 18.2 Å². The molecule has 0 aliphatic heterocycles. The molecule has 7 heteroatoms. The fourth-order valence-electron chi connectivity index (χ4n) is 1.34. The Morgan fingerprint density at radius 3 is 2.84 bits per heavy atom. The number of carbonyl (C=O) groups is 1. The van der Waals surface area contributed by atoms with Gasteiger partial charge in [0, 0.05) is 28.7 Å². The van der Waals surface area contributed by atoms with Crippen molar-refractivity contribution in [3.63, 3.8) is 0 Å². The lowest BCUT2D eigenvalue weighted by atomic mass is 10.2. The number of benzene rings is 1. The molecule has 0 aromatic heterocycles. The van der Waals surface area contributed by atoms with E-state index in [9.17, 15) is 9.00 Å². The summed E-state index contributed by atoms with van der Waals surface area (Å²) in [5.74, 6) is -0.0234. The van der Waals surface area contributed by atoms with Gasteiger partial charge in [-0.3, -0.25) is 9.00 Å². The molecule has 19 heavy (non-hydrogen) atoms. The van der Waals surface area contributed by atoms with Crippen LogP contribution in [0.5, 0.6) is 0 Å². The summed E-state index contributed by atoms with van der Waals surface area (Å²) in [6.07, 6.45) is 0. The van der Waals surface area contributed by atoms with E-state index in [1.807, 2.05) is 0 Å². The number of ether oxygens (including phenoxy) is 1. The smallest absolute Gasteiger partial charge is 0.239 e. The molecule has 0 saturated carbocycles. The fourth-order valence-corrected chi connectivity index (χ4v) is 2.51. The molecule has 2 unspecified atom stereocenters. The van der Waals surface area contributed by atoms with Crippen molar-refractivity contribution in [2.75, 3.05) is 30.5 Å². The molecule has 0 aliphatic carbocycles. The number of amides is 1. The Balaban J connectivity index is 2.66. The zero-order chi connectivity index (χ0) is 14.4. The molecule has 2 atom stereocenters. The zero-order valence-corrected chi connectivity index (χ0v) is 12.4. The minimum Gasteiger partial charge on any atom is -0.397 e. The van der Waals surface area contributed by atoms with Gasteiger partial charge in [0.1, 0.15) is 5.25 Å². The maximum absolute atomic E-state index is 11.9. The number of hydrogen-bond acceptors (Lipinski definition) is 4. The Hall–Kier alpha value is -1.11. The van der Waals surface area contributed by atoms with Crippen molar-refractivity contribution in [3.8, 4) is 0 Å². The van der Waals surface area contributed by atoms with E-state index in [1.54, 1.807) is 25.1 Å². The summed E-state index contributed by atoms with van der Waals surface area (Å²) in [5.41, 5.74) is 6.57. The van der Waals surface area contributed by atoms with Crippen LogP contribution in [0.2, 0.25) is 5.02 Å². The van der Waals surface area contributed by atoms with Crippen LogP contribution in [0, 0.1) is 0 Å². The van der Waals surface area contributed by atoms with Gasteiger partial charge in [-0.05, 0) is 25.1 Å². The van der Waals surface area contributed by atoms with Gasteiger partial charge in [0.05, 0.1) is 18.0 Å². The van der Waals surface area contributed by atoms with Gasteiger partial charge in [-0.1, -0.05) is 11.6 Å². The molecule has 0 bridgehead atoms. The first-order chi connectivity index (χ1) is 8.95. The third-order valence-corrected chi connectivity index (χ3v) is 4.33. The summed E-state index contributed by atoms with van der Waals surface area (Å²) >= 11 is 5.77. The molecule has 0 heterocycles. The van der Waals surface area contributed by atoms with Crippen LogP contribution in [0.4, 0.5) is 11.4 Å². The van der Waals surface area contributed by atoms with Crippen molar-refractivity contribution in [1.29, 1.82) is 0 Å². The molecule has 0 aliphatic rings. The quantitative estimate of drug-likeness (QED) is 0.783. The molecule has 0 spiro atoms. The molecule has 1 rings (SSSR count). The second-order valence-corrected chi connectivity index (χ2v) is 6.25. The number of nitrogens with one attached hydrogen (secondary N) is 1. The normalized spacial score (nSPS) is 13.8. The number of carbonyl (C=O) groups excluding carboxylic acids is 1. The number of halogens is 1. The van der Waals surface area contributed by atoms with Crippen LogP contribution in [-0.4, -0.2) is 34.8 Å². The topological polar surface area (TPSA) is 81.4 Å². The van der Waals surface area contributed by atoms with Gasteiger partial charge < -0.3 is 15.8 Å². The number of hydrogen-bond donors (Lipinski definition) is 2. The largest absolute Gasteiger partial charge is 0.397 e. The highest BCUT2D eigenvalue weighted by molar-refractivity contribution is 7.86. The summed E-state index contributed by atoms with van der Waals surface area (Å²) in [6, 6.07) is 4.78. The van der Waals surface area contributed by atoms with E-state index >= 15 is 0 Å². The Morgan fingerprint density at radius 1 is 1.58 bits per heavy atom. The molecule has 3 N–H and O–H groups in total. The van der Waals surface area contributed by atoms with Gasteiger partial charge in [0.2, 0.25) is 5.91 Å². The molecule has 1 amide bonds. The average Bonchev–Trinajstić information content (AvgIpc) is 2.38. The van der Waals surface area contributed by atoms with E-state index < -0.39 is 16.0 Å². The number of nitrogens with two attached hydrogens (primary N) is 1. The van der Waals surface area contributed by atoms with Crippen LogP contribution in [0.25, 0.3) is 0 Å². The number of methoxy groups -OCH3 is 1. The SMILES string of the molecule is COCCS(=O)C(C)C(=O)Nc1ccc(Cl)cc1N. The monoisotopic (exact) mass is 304 g/mol. The zero-order valence-electron chi connectivity index (χ0n) is 10.8. The van der Waals surface area contributed by atoms with Crippen molar-refractivity contribution < 1.29 is 13.7 Å². The first kappa shape index (κ1) is 15.9. The second-order valence-electron chi connectivity index (χ2n) is 3.94. The number of nitrogen functional groups attached to an aromatic ring is 1. The van der Waals surface area contributed by atoms with Gasteiger partial charge in [0.15, 0.2) is 0 Å². The van der Waals surface area contributed by atoms with E-state index in [-0.39, 0.29) is 5.91 Å². The highest BCUT2D eigenvalue weighted by Gasteiger charge is 2.20. The first-order valence-corrected chi connectivity index (χ1v) is 7.43. The van der Waals surface area contributed by atoms with E-state index in [0.29, 0.717) is 28.8 Å². The fraction of sp³-hybridized carbons (Fsp3) is 0.417. The third-order valence-electron chi connectivity index (χ3n) is 2.52. The van der Waals surface area contributed by atoms with Crippen molar-refractivity contribution in [2.45, 2.75) is 12.2 Å². The minimum atomic E-state index is -1.28. The van der Waals surface area contributed by atoms with E-state index in [2.05, 4.69) is 5.32 Å². The standard InChI is InChI=1S/C12H17ClN2O3S/c1-8(19(17)6-5-18-2)12(16)15-11-4-3-9(13)7-10(11)14/h3-4,7-8H,5-6,14H2,1-2H3,(H,15,16). The summed E-state index contributed by atoms with van der Waals surface area (Å²) in [7, 11) is 0.241. The summed E-state index contributed by atoms with van der Waals surface area (Å²) in [6.45, 7) is 1.96. The molecule has 0 saturated heterocycles. The highest BCUT2D eigenvalue weighted by atomic mass is 35.5. The first-order valence-electron chi connectivity index (χ1n) is 5.67. The van der Waals surface area contributed by atoms with E-state index in [1.165, 1.54) is 7.11 Å². The summed E-state index contributed by atoms with van der Waals surface area (Å²) < 4.78 is 16.6. The van der Waals surface area contributed by atoms with Crippen LogP contribution in [-0.2, 0) is 20.3 Å². The molecule has 0 radical (unpaired) electrons. The van der Waals surface area contributed by atoms with Crippen LogP contribution in [0.1, 0.15) is 6.92 Å². The Morgan fingerprint density at radius 2 is 2.26 bits per heavy atom. The Bertz CT molecular complexity index is 482. The predicted molar refractivity (Wildman–Crippen MR) is 78.8 cm³/mol. The van der Waals surface area contributed by atoms with Crippen LogP contribution in [0.3, 0.4) is 0 Å².